The second-order valence-electron chi connectivity index (χ2n) is 5.60. The zero-order chi connectivity index (χ0) is 17.2. The third kappa shape index (κ3) is 4.07. The number of halogens is 1. The second-order valence-corrected chi connectivity index (χ2v) is 6.52. The summed E-state index contributed by atoms with van der Waals surface area (Å²) in [7, 11) is 0. The van der Waals surface area contributed by atoms with Crippen molar-refractivity contribution in [2.45, 2.75) is 19.4 Å². The van der Waals surface area contributed by atoms with E-state index in [1.165, 1.54) is 6.20 Å². The van der Waals surface area contributed by atoms with Gasteiger partial charge in [0.05, 0.1) is 16.0 Å². The van der Waals surface area contributed by atoms with Gasteiger partial charge >= 0.3 is 11.8 Å². The lowest BCUT2D eigenvalue weighted by Crippen LogP contribution is -2.47. The smallest absolute Gasteiger partial charge is 0.405 e. The lowest BCUT2D eigenvalue weighted by atomic mass is 10.1. The molecule has 2 aromatic rings. The third-order valence-corrected chi connectivity index (χ3v) is 3.65. The number of anilines is 1. The zero-order valence-electron chi connectivity index (χ0n) is 12.5. The van der Waals surface area contributed by atoms with Gasteiger partial charge in [-0.1, -0.05) is 15.9 Å². The number of carboxylic acid groups (broad SMARTS) is 1. The van der Waals surface area contributed by atoms with Gasteiger partial charge in [-0.25, -0.2) is 9.78 Å². The molecule has 122 valence electrons. The van der Waals surface area contributed by atoms with E-state index in [9.17, 15) is 14.9 Å². The maximum Gasteiger partial charge on any atom is 0.405 e. The Morgan fingerprint density at radius 3 is 2.78 bits per heavy atom. The number of pyridine rings is 1. The number of fused-ring (bicyclic) bond motifs is 1. The van der Waals surface area contributed by atoms with Crippen LogP contribution in [0.2, 0.25) is 0 Å². The number of nitro groups is 1. The fourth-order valence-electron chi connectivity index (χ4n) is 2.12. The molecule has 0 unspecified atom stereocenters. The number of hydrogen-bond acceptors (Lipinski definition) is 5. The monoisotopic (exact) mass is 382 g/mol. The zero-order valence-corrected chi connectivity index (χ0v) is 14.0. The van der Waals surface area contributed by atoms with Crippen molar-refractivity contribution in [2.24, 2.45) is 0 Å². The molecule has 0 aliphatic rings. The normalized spacial score (nSPS) is 11.3. The fourth-order valence-corrected chi connectivity index (χ4v) is 2.47. The van der Waals surface area contributed by atoms with E-state index < -0.39 is 16.6 Å². The van der Waals surface area contributed by atoms with E-state index in [4.69, 9.17) is 5.11 Å². The highest BCUT2D eigenvalue weighted by atomic mass is 79.9. The van der Waals surface area contributed by atoms with E-state index in [1.54, 1.807) is 32.0 Å². The first-order valence-corrected chi connectivity index (χ1v) is 7.46. The predicted octanol–water partition coefficient (Wildman–Crippen LogP) is 3.36. The van der Waals surface area contributed by atoms with Gasteiger partial charge in [-0.15, -0.1) is 0 Å². The number of hydrogen-bond donors (Lipinski definition) is 3. The third-order valence-electron chi connectivity index (χ3n) is 3.16. The van der Waals surface area contributed by atoms with Crippen molar-refractivity contribution >= 4 is 44.3 Å². The molecule has 0 bridgehead atoms. The van der Waals surface area contributed by atoms with Crippen LogP contribution in [0.15, 0.2) is 28.9 Å². The molecular formula is C14H15BrN4O4. The first-order valence-electron chi connectivity index (χ1n) is 6.67. The summed E-state index contributed by atoms with van der Waals surface area (Å²) < 4.78 is 0.810. The summed E-state index contributed by atoms with van der Waals surface area (Å²) in [6.45, 7) is 3.54. The Bertz CT molecular complexity index is 779. The lowest BCUT2D eigenvalue weighted by molar-refractivity contribution is -0.384. The van der Waals surface area contributed by atoms with E-state index >= 15 is 0 Å². The molecule has 0 saturated carbocycles. The number of carbonyl (C=O) groups is 1. The molecule has 0 aliphatic heterocycles. The van der Waals surface area contributed by atoms with Gasteiger partial charge in [0, 0.05) is 16.4 Å². The molecule has 1 aromatic carbocycles. The second kappa shape index (κ2) is 6.37. The van der Waals surface area contributed by atoms with E-state index in [2.05, 4.69) is 31.5 Å². The highest BCUT2D eigenvalue weighted by Crippen LogP contribution is 2.33. The Labute approximate surface area is 140 Å². The number of nitrogens with one attached hydrogen (secondary N) is 2. The Morgan fingerprint density at radius 1 is 1.48 bits per heavy atom. The molecule has 0 saturated heterocycles. The molecule has 1 aromatic heterocycles. The molecule has 1 amide bonds. The number of aromatic nitrogens is 1. The molecule has 1 heterocycles. The molecular weight excluding hydrogens is 368 g/mol. The molecule has 2 rings (SSSR count). The van der Waals surface area contributed by atoms with Crippen LogP contribution in [-0.4, -0.2) is 33.2 Å². The van der Waals surface area contributed by atoms with Gasteiger partial charge in [0.25, 0.3) is 0 Å². The summed E-state index contributed by atoms with van der Waals surface area (Å²) in [5, 5.41) is 26.0. The Balaban J connectivity index is 2.42. The number of nitrogens with zero attached hydrogens (tertiary/aromatic N) is 2. The van der Waals surface area contributed by atoms with E-state index in [0.29, 0.717) is 16.6 Å². The summed E-state index contributed by atoms with van der Waals surface area (Å²) in [5.74, 6) is 0. The summed E-state index contributed by atoms with van der Waals surface area (Å²) in [6.07, 6.45) is 0.0316. The van der Waals surface area contributed by atoms with Crippen molar-refractivity contribution in [3.63, 3.8) is 0 Å². The van der Waals surface area contributed by atoms with Crippen LogP contribution in [0.5, 0.6) is 0 Å². The van der Waals surface area contributed by atoms with Gasteiger partial charge in [-0.3, -0.25) is 10.1 Å². The molecule has 0 fully saturated rings. The van der Waals surface area contributed by atoms with Crippen molar-refractivity contribution in [1.82, 2.24) is 10.3 Å². The van der Waals surface area contributed by atoms with Crippen molar-refractivity contribution < 1.29 is 14.8 Å². The predicted molar refractivity (Wildman–Crippen MR) is 89.8 cm³/mol. The highest BCUT2D eigenvalue weighted by Gasteiger charge is 2.23. The van der Waals surface area contributed by atoms with Crippen LogP contribution in [-0.2, 0) is 0 Å². The molecule has 0 atom stereocenters. The molecule has 9 heteroatoms. The largest absolute Gasteiger partial charge is 0.465 e. The lowest BCUT2D eigenvalue weighted by Gasteiger charge is -2.25. The molecule has 0 radical (unpaired) electrons. The van der Waals surface area contributed by atoms with Crippen LogP contribution >= 0.6 is 15.9 Å². The van der Waals surface area contributed by atoms with E-state index in [1.807, 2.05) is 0 Å². The minimum atomic E-state index is -1.16. The van der Waals surface area contributed by atoms with Crippen molar-refractivity contribution in [3.05, 3.63) is 39.0 Å². The quantitative estimate of drug-likeness (QED) is 0.538. The Morgan fingerprint density at radius 2 is 2.17 bits per heavy atom. The van der Waals surface area contributed by atoms with Crippen LogP contribution < -0.4 is 10.6 Å². The number of amides is 1. The topological polar surface area (TPSA) is 117 Å². The van der Waals surface area contributed by atoms with Crippen molar-refractivity contribution in [3.8, 4) is 0 Å². The van der Waals surface area contributed by atoms with Crippen molar-refractivity contribution in [2.75, 3.05) is 11.9 Å². The summed E-state index contributed by atoms with van der Waals surface area (Å²) in [6, 6.07) is 5.24. The molecule has 23 heavy (non-hydrogen) atoms. The average Bonchev–Trinajstić information content (AvgIpc) is 2.42. The van der Waals surface area contributed by atoms with Crippen LogP contribution in [0.25, 0.3) is 10.9 Å². The van der Waals surface area contributed by atoms with E-state index in [0.717, 1.165) is 4.47 Å². The molecule has 3 N–H and O–H groups in total. The minimum absolute atomic E-state index is 0.161. The highest BCUT2D eigenvalue weighted by molar-refractivity contribution is 9.10. The number of rotatable bonds is 5. The maximum absolute atomic E-state index is 11.2. The average molecular weight is 383 g/mol. The Hall–Kier alpha value is -2.42. The van der Waals surface area contributed by atoms with Gasteiger partial charge in [-0.2, -0.15) is 0 Å². The van der Waals surface area contributed by atoms with Crippen LogP contribution in [0.1, 0.15) is 13.8 Å². The number of benzene rings is 1. The fraction of sp³-hybridized carbons (Fsp3) is 0.286. The van der Waals surface area contributed by atoms with E-state index in [-0.39, 0.29) is 12.2 Å². The van der Waals surface area contributed by atoms with Crippen molar-refractivity contribution in [1.29, 1.82) is 0 Å². The van der Waals surface area contributed by atoms with Gasteiger partial charge < -0.3 is 15.7 Å². The molecule has 0 aliphatic carbocycles. The van der Waals surface area contributed by atoms with Gasteiger partial charge in [0.1, 0.15) is 11.9 Å². The van der Waals surface area contributed by atoms with Gasteiger partial charge in [0.2, 0.25) is 0 Å². The standard InChI is InChI=1S/C14H15BrN4O4/c1-14(2,18-13(20)21)7-17-12-9-4-3-8(15)5-10(9)16-6-11(12)19(22)23/h3-6,18H,7H2,1-2H3,(H,16,17)(H,20,21). The van der Waals surface area contributed by atoms with Gasteiger partial charge in [0.15, 0.2) is 0 Å². The first-order chi connectivity index (χ1) is 10.7. The van der Waals surface area contributed by atoms with Crippen LogP contribution in [0.4, 0.5) is 16.2 Å². The summed E-state index contributed by atoms with van der Waals surface area (Å²) >= 11 is 3.33. The summed E-state index contributed by atoms with van der Waals surface area (Å²) in [4.78, 5) is 25.6. The van der Waals surface area contributed by atoms with Crippen LogP contribution in [0.3, 0.4) is 0 Å². The Kier molecular flexibility index (Phi) is 4.69. The minimum Gasteiger partial charge on any atom is -0.465 e. The van der Waals surface area contributed by atoms with Gasteiger partial charge in [-0.05, 0) is 32.0 Å². The summed E-state index contributed by atoms with van der Waals surface area (Å²) in [5.41, 5.74) is -0.0554. The maximum atomic E-state index is 11.2. The molecule has 8 nitrogen and oxygen atoms in total. The molecule has 0 spiro atoms. The first kappa shape index (κ1) is 16.9. The SMILES string of the molecule is CC(C)(CNc1c([N+](=O)[O-])cnc2cc(Br)ccc12)NC(=O)O. The van der Waals surface area contributed by atoms with Crippen LogP contribution in [0, 0.1) is 10.1 Å².